The summed E-state index contributed by atoms with van der Waals surface area (Å²) in [4.78, 5) is 7.40. The maximum atomic E-state index is 4.77. The molecule has 0 aliphatic rings. The summed E-state index contributed by atoms with van der Waals surface area (Å²) in [6.07, 6.45) is 3.10. The highest BCUT2D eigenvalue weighted by Crippen LogP contribution is 2.29. The van der Waals surface area contributed by atoms with Crippen molar-refractivity contribution in [2.24, 2.45) is 0 Å². The summed E-state index contributed by atoms with van der Waals surface area (Å²) in [7, 11) is 2.00. The summed E-state index contributed by atoms with van der Waals surface area (Å²) < 4.78 is 0. The van der Waals surface area contributed by atoms with Crippen molar-refractivity contribution in [3.05, 3.63) is 45.4 Å². The average Bonchev–Trinajstić information content (AvgIpc) is 2.81. The van der Waals surface area contributed by atoms with Gasteiger partial charge in [0.05, 0.1) is 11.7 Å². The zero-order valence-electron chi connectivity index (χ0n) is 11.9. The Balaban J connectivity index is 2.31. The largest absolute Gasteiger partial charge is 0.307 e. The molecule has 0 saturated carbocycles. The van der Waals surface area contributed by atoms with Gasteiger partial charge in [0.1, 0.15) is 5.01 Å². The number of hydrogen-bond donors (Lipinski definition) is 1. The van der Waals surface area contributed by atoms with Crippen LogP contribution in [0.5, 0.6) is 0 Å². The molecule has 0 saturated heterocycles. The molecule has 0 fully saturated rings. The van der Waals surface area contributed by atoms with Crippen LogP contribution in [0.4, 0.5) is 0 Å². The molecule has 0 aliphatic heterocycles. The second-order valence-electron chi connectivity index (χ2n) is 4.40. The number of thioether (sulfide) groups is 1. The zero-order chi connectivity index (χ0) is 13.8. The fourth-order valence-electron chi connectivity index (χ4n) is 2.13. The Morgan fingerprint density at radius 3 is 2.47 bits per heavy atom. The Labute approximate surface area is 123 Å². The molecule has 19 heavy (non-hydrogen) atoms. The molecule has 2 aromatic rings. The Kier molecular flexibility index (Phi) is 5.02. The van der Waals surface area contributed by atoms with Gasteiger partial charge in [-0.1, -0.05) is 19.1 Å². The van der Waals surface area contributed by atoms with Gasteiger partial charge in [0.2, 0.25) is 0 Å². The van der Waals surface area contributed by atoms with Crippen molar-refractivity contribution in [1.82, 2.24) is 10.3 Å². The monoisotopic (exact) mass is 292 g/mol. The summed E-state index contributed by atoms with van der Waals surface area (Å²) in [5, 5.41) is 4.54. The van der Waals surface area contributed by atoms with Crippen LogP contribution in [-0.2, 0) is 6.42 Å². The summed E-state index contributed by atoms with van der Waals surface area (Å²) >= 11 is 3.57. The summed E-state index contributed by atoms with van der Waals surface area (Å²) in [6.45, 7) is 4.32. The number of aryl methyl sites for hydroxylation is 2. The van der Waals surface area contributed by atoms with Gasteiger partial charge in [0.15, 0.2) is 0 Å². The lowest BCUT2D eigenvalue weighted by atomic mass is 10.1. The highest BCUT2D eigenvalue weighted by molar-refractivity contribution is 7.98. The van der Waals surface area contributed by atoms with E-state index in [0.29, 0.717) is 0 Å². The van der Waals surface area contributed by atoms with Gasteiger partial charge in [-0.3, -0.25) is 0 Å². The molecule has 1 unspecified atom stereocenters. The van der Waals surface area contributed by atoms with Crippen LogP contribution in [0, 0.1) is 6.92 Å². The van der Waals surface area contributed by atoms with Crippen LogP contribution in [0.25, 0.3) is 0 Å². The zero-order valence-corrected chi connectivity index (χ0v) is 13.5. The standard InChI is InChI=1S/C15H20N2S2/c1-5-13-10(2)19-15(17-13)14(16-3)11-6-8-12(18-4)9-7-11/h6-9,14,16H,5H2,1-4H3. The number of thiazole rings is 1. The van der Waals surface area contributed by atoms with Crippen molar-refractivity contribution >= 4 is 23.1 Å². The van der Waals surface area contributed by atoms with Crippen LogP contribution in [0.3, 0.4) is 0 Å². The van der Waals surface area contributed by atoms with Gasteiger partial charge in [-0.25, -0.2) is 4.98 Å². The first-order valence-corrected chi connectivity index (χ1v) is 8.51. The third kappa shape index (κ3) is 3.19. The average molecular weight is 292 g/mol. The molecule has 0 amide bonds. The van der Waals surface area contributed by atoms with Gasteiger partial charge in [-0.05, 0) is 44.3 Å². The first kappa shape index (κ1) is 14.6. The van der Waals surface area contributed by atoms with Gasteiger partial charge in [-0.15, -0.1) is 23.1 Å². The topological polar surface area (TPSA) is 24.9 Å². The SMILES string of the molecule is CCc1nc(C(NC)c2ccc(SC)cc2)sc1C. The molecule has 0 bridgehead atoms. The van der Waals surface area contributed by atoms with Crippen molar-refractivity contribution < 1.29 is 0 Å². The van der Waals surface area contributed by atoms with Gasteiger partial charge in [0, 0.05) is 9.77 Å². The predicted octanol–water partition coefficient (Wildman–Crippen LogP) is 4.04. The fourth-order valence-corrected chi connectivity index (χ4v) is 3.69. The van der Waals surface area contributed by atoms with E-state index >= 15 is 0 Å². The van der Waals surface area contributed by atoms with Crippen molar-refractivity contribution in [1.29, 1.82) is 0 Å². The van der Waals surface area contributed by atoms with E-state index in [9.17, 15) is 0 Å². The number of benzene rings is 1. The second-order valence-corrected chi connectivity index (χ2v) is 6.52. The maximum Gasteiger partial charge on any atom is 0.115 e. The lowest BCUT2D eigenvalue weighted by Gasteiger charge is -2.14. The van der Waals surface area contributed by atoms with E-state index in [0.717, 1.165) is 11.4 Å². The van der Waals surface area contributed by atoms with Crippen LogP contribution in [-0.4, -0.2) is 18.3 Å². The van der Waals surface area contributed by atoms with E-state index in [4.69, 9.17) is 4.98 Å². The smallest absolute Gasteiger partial charge is 0.115 e. The molecule has 4 heteroatoms. The third-order valence-corrected chi connectivity index (χ3v) is 5.05. The normalized spacial score (nSPS) is 12.6. The molecule has 1 N–H and O–H groups in total. The maximum absolute atomic E-state index is 4.77. The Hall–Kier alpha value is -0.840. The molecular weight excluding hydrogens is 272 g/mol. The molecule has 0 spiro atoms. The number of nitrogens with zero attached hydrogens (tertiary/aromatic N) is 1. The molecular formula is C15H20N2S2. The van der Waals surface area contributed by atoms with E-state index in [-0.39, 0.29) is 6.04 Å². The van der Waals surface area contributed by atoms with Crippen LogP contribution in [0.15, 0.2) is 29.2 Å². The Bertz CT molecular complexity index is 532. The minimum absolute atomic E-state index is 0.194. The quantitative estimate of drug-likeness (QED) is 0.842. The molecule has 1 aromatic heterocycles. The Morgan fingerprint density at radius 1 is 1.32 bits per heavy atom. The number of aromatic nitrogens is 1. The van der Waals surface area contributed by atoms with Crippen molar-refractivity contribution in [3.8, 4) is 0 Å². The van der Waals surface area contributed by atoms with E-state index in [1.165, 1.54) is 21.0 Å². The fraction of sp³-hybridized carbons (Fsp3) is 0.400. The lowest BCUT2D eigenvalue weighted by Crippen LogP contribution is -2.17. The molecule has 2 nitrogen and oxygen atoms in total. The number of nitrogens with one attached hydrogen (secondary N) is 1. The lowest BCUT2D eigenvalue weighted by molar-refractivity contribution is 0.683. The van der Waals surface area contributed by atoms with Crippen molar-refractivity contribution in [2.45, 2.75) is 31.2 Å². The molecule has 2 rings (SSSR count). The predicted molar refractivity (Wildman–Crippen MR) is 85.4 cm³/mol. The third-order valence-electron chi connectivity index (χ3n) is 3.23. The van der Waals surface area contributed by atoms with E-state index in [1.54, 1.807) is 23.1 Å². The van der Waals surface area contributed by atoms with E-state index in [1.807, 2.05) is 7.05 Å². The van der Waals surface area contributed by atoms with Gasteiger partial charge in [-0.2, -0.15) is 0 Å². The van der Waals surface area contributed by atoms with Gasteiger partial charge < -0.3 is 5.32 Å². The first-order valence-electron chi connectivity index (χ1n) is 6.47. The molecule has 102 valence electrons. The minimum atomic E-state index is 0.194. The summed E-state index contributed by atoms with van der Waals surface area (Å²) in [5.74, 6) is 0. The van der Waals surface area contributed by atoms with Crippen LogP contribution < -0.4 is 5.32 Å². The molecule has 1 aromatic carbocycles. The minimum Gasteiger partial charge on any atom is -0.307 e. The number of rotatable bonds is 5. The molecule has 1 heterocycles. The van der Waals surface area contributed by atoms with Gasteiger partial charge >= 0.3 is 0 Å². The second kappa shape index (κ2) is 6.55. The summed E-state index contributed by atoms with van der Waals surface area (Å²) in [6, 6.07) is 8.92. The van der Waals surface area contributed by atoms with Crippen molar-refractivity contribution in [3.63, 3.8) is 0 Å². The van der Waals surface area contributed by atoms with E-state index < -0.39 is 0 Å². The van der Waals surface area contributed by atoms with Crippen LogP contribution in [0.2, 0.25) is 0 Å². The molecule has 0 radical (unpaired) electrons. The van der Waals surface area contributed by atoms with Gasteiger partial charge in [0.25, 0.3) is 0 Å². The summed E-state index contributed by atoms with van der Waals surface area (Å²) in [5.41, 5.74) is 2.50. The van der Waals surface area contributed by atoms with E-state index in [2.05, 4.69) is 49.7 Å². The number of hydrogen-bond acceptors (Lipinski definition) is 4. The molecule has 1 atom stereocenters. The molecule has 0 aliphatic carbocycles. The first-order chi connectivity index (χ1) is 9.19. The van der Waals surface area contributed by atoms with Crippen LogP contribution in [0.1, 0.15) is 34.1 Å². The highest BCUT2D eigenvalue weighted by Gasteiger charge is 2.17. The van der Waals surface area contributed by atoms with Crippen molar-refractivity contribution in [2.75, 3.05) is 13.3 Å². The van der Waals surface area contributed by atoms with Crippen LogP contribution >= 0.6 is 23.1 Å². The highest BCUT2D eigenvalue weighted by atomic mass is 32.2. The Morgan fingerprint density at radius 2 is 2.00 bits per heavy atom.